The van der Waals surface area contributed by atoms with Crippen LogP contribution in [0.1, 0.15) is 104 Å². The molecule has 4 fully saturated rings. The molecule has 1 atom stereocenters. The fraction of sp³-hybridized carbons (Fsp3) is 0.447. The second-order valence-corrected chi connectivity index (χ2v) is 17.8. The number of hydrogen-bond acceptors (Lipinski definition) is 10. The molecule has 0 bridgehead atoms. The highest BCUT2D eigenvalue weighted by atomic mass is 35.5. The lowest BCUT2D eigenvalue weighted by atomic mass is 9.67. The minimum Gasteiger partial charge on any atom is -0.385 e. The Labute approximate surface area is 362 Å². The summed E-state index contributed by atoms with van der Waals surface area (Å²) in [4.78, 5) is 51.0. The number of rotatable bonds is 9. The van der Waals surface area contributed by atoms with Crippen molar-refractivity contribution in [2.24, 2.45) is 5.41 Å². The van der Waals surface area contributed by atoms with Crippen LogP contribution in [0, 0.1) is 5.41 Å². The number of aromatic nitrogens is 4. The minimum absolute atomic E-state index is 0.218. The summed E-state index contributed by atoms with van der Waals surface area (Å²) >= 11 is 6.52. The number of hydrogen-bond donors (Lipinski definition) is 4. The highest BCUT2D eigenvalue weighted by Gasteiger charge is 2.38. The molecule has 2 saturated carbocycles. The van der Waals surface area contributed by atoms with E-state index in [-0.39, 0.29) is 17.7 Å². The number of amides is 3. The van der Waals surface area contributed by atoms with Gasteiger partial charge in [-0.1, -0.05) is 49.1 Å². The smallest absolute Gasteiger partial charge is 0.271 e. The van der Waals surface area contributed by atoms with Crippen LogP contribution in [-0.2, 0) is 22.6 Å². The average Bonchev–Trinajstić information content (AvgIpc) is 4.01. The Kier molecular flexibility index (Phi) is 11.7. The van der Waals surface area contributed by atoms with Crippen LogP contribution in [0.5, 0.6) is 0 Å². The van der Waals surface area contributed by atoms with Gasteiger partial charge in [0.1, 0.15) is 0 Å². The lowest BCUT2D eigenvalue weighted by Crippen LogP contribution is -2.43. The number of nitrogens with one attached hydrogen (secondary N) is 4. The lowest BCUT2D eigenvalue weighted by Gasteiger charge is -2.46. The SMILES string of the molecule is C1CC1.CNC(=O)c1cnc2c(NC)cc(N3CCc4c(-c5ccc(CN6CCC7(CCC(Nc8ccc(Cl)c(C9CCC(=O)NC9=O)c8)CC7)CC6)cn5)cccc43)nn12. The first-order valence-electron chi connectivity index (χ1n) is 22.0. The third kappa shape index (κ3) is 8.68. The molecular formula is C47H55ClN10O3. The van der Waals surface area contributed by atoms with Crippen molar-refractivity contribution in [3.8, 4) is 11.3 Å². The van der Waals surface area contributed by atoms with Crippen molar-refractivity contribution in [2.75, 3.05) is 49.3 Å². The van der Waals surface area contributed by atoms with Crippen LogP contribution in [0.15, 0.2) is 67.0 Å². The predicted molar refractivity (Wildman–Crippen MR) is 240 cm³/mol. The van der Waals surface area contributed by atoms with E-state index in [4.69, 9.17) is 21.7 Å². The average molecular weight is 843 g/mol. The molecule has 2 saturated heterocycles. The number of piperidine rings is 2. The first-order valence-corrected chi connectivity index (χ1v) is 22.3. The van der Waals surface area contributed by atoms with Crippen molar-refractivity contribution in [3.05, 3.63) is 94.4 Å². The maximum atomic E-state index is 12.6. The summed E-state index contributed by atoms with van der Waals surface area (Å²) < 4.78 is 1.61. The molecule has 0 radical (unpaired) electrons. The summed E-state index contributed by atoms with van der Waals surface area (Å²) in [5.41, 5.74) is 9.61. The number of imidazole rings is 1. The van der Waals surface area contributed by atoms with Crippen molar-refractivity contribution >= 4 is 57.8 Å². The molecule has 3 aliphatic heterocycles. The lowest BCUT2D eigenvalue weighted by molar-refractivity contribution is -0.134. The monoisotopic (exact) mass is 842 g/mol. The minimum atomic E-state index is -0.396. The van der Waals surface area contributed by atoms with Gasteiger partial charge in [-0.2, -0.15) is 0 Å². The fourth-order valence-corrected chi connectivity index (χ4v) is 9.84. The number of carbonyl (C=O) groups is 3. The molecule has 6 heterocycles. The highest BCUT2D eigenvalue weighted by Crippen LogP contribution is 2.46. The van der Waals surface area contributed by atoms with Gasteiger partial charge in [0.25, 0.3) is 5.91 Å². The van der Waals surface area contributed by atoms with Gasteiger partial charge in [0.2, 0.25) is 11.8 Å². The zero-order valence-electron chi connectivity index (χ0n) is 35.1. The van der Waals surface area contributed by atoms with E-state index in [0.29, 0.717) is 40.7 Å². The van der Waals surface area contributed by atoms with Gasteiger partial charge in [-0.3, -0.25) is 29.6 Å². The van der Waals surface area contributed by atoms with E-state index >= 15 is 0 Å². The van der Waals surface area contributed by atoms with E-state index < -0.39 is 5.92 Å². The zero-order valence-corrected chi connectivity index (χ0v) is 35.9. The molecule has 4 N–H and O–H groups in total. The molecule has 14 heteroatoms. The van der Waals surface area contributed by atoms with Crippen LogP contribution in [-0.4, -0.2) is 82.0 Å². The number of pyridine rings is 1. The Bertz CT molecular complexity index is 2430. The summed E-state index contributed by atoms with van der Waals surface area (Å²) in [7, 11) is 3.45. The molecule has 1 unspecified atom stereocenters. The predicted octanol–water partition coefficient (Wildman–Crippen LogP) is 7.87. The number of carbonyl (C=O) groups excluding carboxylic acids is 3. The molecule has 318 valence electrons. The highest BCUT2D eigenvalue weighted by molar-refractivity contribution is 6.31. The van der Waals surface area contributed by atoms with Gasteiger partial charge in [-0.05, 0) is 117 Å². The van der Waals surface area contributed by atoms with Gasteiger partial charge < -0.3 is 20.9 Å². The summed E-state index contributed by atoms with van der Waals surface area (Å²) in [6.45, 7) is 3.84. The summed E-state index contributed by atoms with van der Waals surface area (Å²) in [6, 6.07) is 19.0. The van der Waals surface area contributed by atoms with Gasteiger partial charge in [-0.25, -0.2) is 9.50 Å². The fourth-order valence-electron chi connectivity index (χ4n) is 9.59. The quantitative estimate of drug-likeness (QED) is 0.108. The maximum absolute atomic E-state index is 12.6. The topological polar surface area (TPSA) is 149 Å². The molecular weight excluding hydrogens is 788 g/mol. The molecule has 2 aliphatic carbocycles. The van der Waals surface area contributed by atoms with E-state index in [1.54, 1.807) is 17.8 Å². The Balaban J connectivity index is 0.00000152. The van der Waals surface area contributed by atoms with Crippen LogP contribution in [0.2, 0.25) is 5.02 Å². The molecule has 61 heavy (non-hydrogen) atoms. The molecule has 2 aromatic carbocycles. The van der Waals surface area contributed by atoms with Crippen molar-refractivity contribution in [1.82, 2.24) is 35.1 Å². The Morgan fingerprint density at radius 3 is 2.41 bits per heavy atom. The van der Waals surface area contributed by atoms with Gasteiger partial charge in [-0.15, -0.1) is 5.10 Å². The van der Waals surface area contributed by atoms with Crippen molar-refractivity contribution in [3.63, 3.8) is 0 Å². The molecule has 5 aliphatic rings. The number of fused-ring (bicyclic) bond motifs is 2. The number of anilines is 4. The van der Waals surface area contributed by atoms with E-state index in [0.717, 1.165) is 85.1 Å². The molecule has 3 aromatic heterocycles. The maximum Gasteiger partial charge on any atom is 0.271 e. The zero-order chi connectivity index (χ0) is 42.1. The normalized spacial score (nSPS) is 19.9. The first-order chi connectivity index (χ1) is 29.7. The van der Waals surface area contributed by atoms with Gasteiger partial charge in [0, 0.05) is 73.9 Å². The largest absolute Gasteiger partial charge is 0.385 e. The molecule has 3 amide bonds. The summed E-state index contributed by atoms with van der Waals surface area (Å²) in [5.74, 6) is -0.374. The Morgan fingerprint density at radius 1 is 0.902 bits per heavy atom. The van der Waals surface area contributed by atoms with Crippen LogP contribution < -0.4 is 26.2 Å². The second kappa shape index (κ2) is 17.4. The van der Waals surface area contributed by atoms with E-state index in [1.807, 2.05) is 37.5 Å². The third-order valence-electron chi connectivity index (χ3n) is 13.3. The number of nitrogens with zero attached hydrogens (tertiary/aromatic N) is 6. The molecule has 13 nitrogen and oxygen atoms in total. The number of likely N-dealkylation sites (tertiary alicyclic amines) is 1. The van der Waals surface area contributed by atoms with Crippen LogP contribution in [0.3, 0.4) is 0 Å². The number of benzene rings is 2. The van der Waals surface area contributed by atoms with Crippen molar-refractivity contribution < 1.29 is 14.4 Å². The van der Waals surface area contributed by atoms with Gasteiger partial charge in [0.15, 0.2) is 17.2 Å². The number of halogens is 1. The van der Waals surface area contributed by atoms with Crippen LogP contribution in [0.25, 0.3) is 16.9 Å². The summed E-state index contributed by atoms with van der Waals surface area (Å²) in [5, 5.41) is 17.5. The van der Waals surface area contributed by atoms with Crippen LogP contribution in [0.4, 0.5) is 22.9 Å². The van der Waals surface area contributed by atoms with E-state index in [1.165, 1.54) is 56.1 Å². The molecule has 10 rings (SSSR count). The van der Waals surface area contributed by atoms with Crippen molar-refractivity contribution in [1.29, 1.82) is 0 Å². The Hall–Kier alpha value is -5.53. The van der Waals surface area contributed by atoms with Crippen molar-refractivity contribution in [2.45, 2.75) is 95.6 Å². The van der Waals surface area contributed by atoms with Gasteiger partial charge >= 0.3 is 0 Å². The van der Waals surface area contributed by atoms with Gasteiger partial charge in [0.05, 0.1) is 23.5 Å². The second-order valence-electron chi connectivity index (χ2n) is 17.4. The number of imide groups is 1. The first kappa shape index (κ1) is 40.9. The standard InChI is InChI=1S/C44H49ClN10O3.C3H6/c1-46-36-23-39(52-55-38(43(58)47-2)25-49-41(36)55)54-19-14-31-30(4-3-5-37(31)54)35-10-6-27(24-48-35)26-53-20-17-44(18-21-53)15-12-28(13-16-44)50-29-7-9-34(45)33(22-29)32-8-11-40(56)51-42(32)57;1-2-3-1/h3-7,9-10,22-25,28,32,46,50H,8,11-21,26H2,1-2H3,(H,47,58)(H,51,56,57);1-3H2. The third-order valence-corrected chi connectivity index (χ3v) is 13.6. The van der Waals surface area contributed by atoms with E-state index in [2.05, 4.69) is 66.4 Å². The molecule has 1 spiro atoms. The summed E-state index contributed by atoms with van der Waals surface area (Å²) in [6.07, 6.45) is 16.9. The van der Waals surface area contributed by atoms with Crippen LogP contribution >= 0.6 is 11.6 Å². The van der Waals surface area contributed by atoms with E-state index in [9.17, 15) is 14.4 Å². The molecule has 5 aromatic rings. The Morgan fingerprint density at radius 2 is 1.70 bits per heavy atom.